The van der Waals surface area contributed by atoms with Crippen LogP contribution in [-0.2, 0) is 11.3 Å². The van der Waals surface area contributed by atoms with Crippen molar-refractivity contribution in [2.24, 2.45) is 0 Å². The number of amides is 1. The number of hydrogen-bond acceptors (Lipinski definition) is 5. The highest BCUT2D eigenvalue weighted by Crippen LogP contribution is 2.26. The molecule has 8 nitrogen and oxygen atoms in total. The third kappa shape index (κ3) is 4.40. The second-order valence-electron chi connectivity index (χ2n) is 6.41. The minimum absolute atomic E-state index is 0.108. The van der Waals surface area contributed by atoms with Crippen LogP contribution in [-0.4, -0.2) is 56.6 Å². The third-order valence-corrected chi connectivity index (χ3v) is 5.39. The predicted octanol–water partition coefficient (Wildman–Crippen LogP) is 3.00. The van der Waals surface area contributed by atoms with E-state index in [2.05, 4.69) is 10.00 Å². The van der Waals surface area contributed by atoms with Gasteiger partial charge in [-0.15, -0.1) is 0 Å². The predicted molar refractivity (Wildman–Crippen MR) is 102 cm³/mol. The molecule has 0 N–H and O–H groups in total. The second-order valence-corrected chi connectivity index (χ2v) is 7.23. The summed E-state index contributed by atoms with van der Waals surface area (Å²) in [5.74, 6) is -0.108. The molecule has 0 bridgehead atoms. The summed E-state index contributed by atoms with van der Waals surface area (Å²) in [5.41, 5.74) is 0.758. The summed E-state index contributed by atoms with van der Waals surface area (Å²) in [5, 5.41) is 16.0. The lowest BCUT2D eigenvalue weighted by Crippen LogP contribution is -2.50. The van der Waals surface area contributed by atoms with Gasteiger partial charge in [0.25, 0.3) is 0 Å². The van der Waals surface area contributed by atoms with E-state index in [0.717, 1.165) is 11.8 Å². The van der Waals surface area contributed by atoms with E-state index < -0.39 is 11.0 Å². The van der Waals surface area contributed by atoms with Crippen molar-refractivity contribution in [1.82, 2.24) is 19.6 Å². The number of halogens is 2. The van der Waals surface area contributed by atoms with E-state index in [1.165, 1.54) is 10.9 Å². The smallest absolute Gasteiger partial charge is 0.307 e. The maximum atomic E-state index is 12.7. The fourth-order valence-electron chi connectivity index (χ4n) is 3.04. The van der Waals surface area contributed by atoms with E-state index >= 15 is 0 Å². The summed E-state index contributed by atoms with van der Waals surface area (Å²) in [6.07, 6.45) is 2.42. The summed E-state index contributed by atoms with van der Waals surface area (Å²) >= 11 is 12.5. The lowest BCUT2D eigenvalue weighted by atomic mass is 10.2. The molecule has 144 valence electrons. The molecule has 1 saturated heterocycles. The molecule has 27 heavy (non-hydrogen) atoms. The first-order chi connectivity index (χ1) is 12.9. The van der Waals surface area contributed by atoms with E-state index in [1.54, 1.807) is 11.8 Å². The van der Waals surface area contributed by atoms with Gasteiger partial charge in [0.2, 0.25) is 5.91 Å². The fourth-order valence-corrected chi connectivity index (χ4v) is 3.56. The summed E-state index contributed by atoms with van der Waals surface area (Å²) in [6.45, 7) is 4.83. The van der Waals surface area contributed by atoms with Crippen molar-refractivity contribution in [3.05, 3.63) is 56.3 Å². The van der Waals surface area contributed by atoms with Crippen LogP contribution in [0.15, 0.2) is 30.6 Å². The lowest BCUT2D eigenvalue weighted by Gasteiger charge is -2.36. The van der Waals surface area contributed by atoms with Crippen molar-refractivity contribution < 1.29 is 9.72 Å². The maximum absolute atomic E-state index is 12.7. The van der Waals surface area contributed by atoms with E-state index in [0.29, 0.717) is 42.8 Å². The molecule has 1 aliphatic heterocycles. The van der Waals surface area contributed by atoms with Crippen LogP contribution in [0.1, 0.15) is 18.5 Å². The number of carbonyl (C=O) groups is 1. The van der Waals surface area contributed by atoms with Gasteiger partial charge in [-0.3, -0.25) is 24.5 Å². The van der Waals surface area contributed by atoms with Crippen LogP contribution in [0.4, 0.5) is 5.69 Å². The Morgan fingerprint density at radius 3 is 2.44 bits per heavy atom. The van der Waals surface area contributed by atoms with Gasteiger partial charge in [-0.05, 0) is 19.1 Å². The van der Waals surface area contributed by atoms with Gasteiger partial charge in [-0.2, -0.15) is 5.10 Å². The number of nitro groups is 1. The zero-order valence-electron chi connectivity index (χ0n) is 14.7. The number of benzene rings is 1. The average molecular weight is 412 g/mol. The van der Waals surface area contributed by atoms with Crippen LogP contribution < -0.4 is 0 Å². The quantitative estimate of drug-likeness (QED) is 0.557. The molecule has 1 fully saturated rings. The van der Waals surface area contributed by atoms with Crippen molar-refractivity contribution in [1.29, 1.82) is 0 Å². The summed E-state index contributed by atoms with van der Waals surface area (Å²) in [6, 6.07) is 4.84. The number of rotatable bonds is 5. The molecule has 2 heterocycles. The Balaban J connectivity index is 1.58. The van der Waals surface area contributed by atoms with Crippen molar-refractivity contribution in [2.45, 2.75) is 19.5 Å². The minimum Gasteiger partial charge on any atom is -0.338 e. The van der Waals surface area contributed by atoms with E-state index in [-0.39, 0.29) is 11.6 Å². The molecule has 1 aromatic heterocycles. The van der Waals surface area contributed by atoms with Crippen molar-refractivity contribution in [3.8, 4) is 0 Å². The molecule has 0 spiro atoms. The summed E-state index contributed by atoms with van der Waals surface area (Å²) in [4.78, 5) is 26.9. The van der Waals surface area contributed by atoms with Crippen molar-refractivity contribution in [2.75, 3.05) is 26.2 Å². The number of hydrogen-bond donors (Lipinski definition) is 0. The van der Waals surface area contributed by atoms with Crippen LogP contribution in [0.25, 0.3) is 0 Å². The normalized spacial score (nSPS) is 16.3. The van der Waals surface area contributed by atoms with Gasteiger partial charge in [0.15, 0.2) is 0 Å². The second kappa shape index (κ2) is 8.24. The van der Waals surface area contributed by atoms with Gasteiger partial charge < -0.3 is 4.90 Å². The average Bonchev–Trinajstić information content (AvgIpc) is 3.15. The molecular formula is C17H19Cl2N5O3. The maximum Gasteiger partial charge on any atom is 0.307 e. The molecule has 1 aliphatic rings. The SMILES string of the molecule is CC(C(=O)N1CCN(Cc2c(Cl)cccc2Cl)CC1)n1cc([N+](=O)[O-])cn1. The van der Waals surface area contributed by atoms with Gasteiger partial charge >= 0.3 is 5.69 Å². The molecule has 0 aliphatic carbocycles. The Labute approximate surface area is 166 Å². The molecule has 0 saturated carbocycles. The monoisotopic (exact) mass is 411 g/mol. The highest BCUT2D eigenvalue weighted by Gasteiger charge is 2.27. The number of aromatic nitrogens is 2. The largest absolute Gasteiger partial charge is 0.338 e. The van der Waals surface area contributed by atoms with E-state index in [4.69, 9.17) is 23.2 Å². The van der Waals surface area contributed by atoms with Crippen LogP contribution in [0.3, 0.4) is 0 Å². The molecule has 1 aromatic carbocycles. The molecule has 10 heteroatoms. The van der Waals surface area contributed by atoms with Crippen molar-refractivity contribution >= 4 is 34.8 Å². The first-order valence-corrected chi connectivity index (χ1v) is 9.25. The van der Waals surface area contributed by atoms with Crippen LogP contribution in [0, 0.1) is 10.1 Å². The number of nitrogens with zero attached hydrogens (tertiary/aromatic N) is 5. The Kier molecular flexibility index (Phi) is 5.98. The molecular weight excluding hydrogens is 393 g/mol. The topological polar surface area (TPSA) is 84.5 Å². The third-order valence-electron chi connectivity index (χ3n) is 4.68. The van der Waals surface area contributed by atoms with Gasteiger partial charge in [0.05, 0.1) is 4.92 Å². The first kappa shape index (κ1) is 19.6. The molecule has 1 amide bonds. The molecule has 1 atom stereocenters. The Morgan fingerprint density at radius 1 is 1.26 bits per heavy atom. The zero-order valence-corrected chi connectivity index (χ0v) is 16.2. The van der Waals surface area contributed by atoms with Gasteiger partial charge in [-0.1, -0.05) is 29.3 Å². The van der Waals surface area contributed by atoms with Gasteiger partial charge in [-0.25, -0.2) is 0 Å². The van der Waals surface area contributed by atoms with Crippen LogP contribution >= 0.6 is 23.2 Å². The van der Waals surface area contributed by atoms with Gasteiger partial charge in [0, 0.05) is 48.3 Å². The first-order valence-electron chi connectivity index (χ1n) is 8.49. The number of piperazine rings is 1. The Hall–Kier alpha value is -2.16. The van der Waals surface area contributed by atoms with E-state index in [1.807, 2.05) is 18.2 Å². The minimum atomic E-state index is -0.594. The molecule has 3 rings (SSSR count). The van der Waals surface area contributed by atoms with Gasteiger partial charge in [0.1, 0.15) is 18.4 Å². The lowest BCUT2D eigenvalue weighted by molar-refractivity contribution is -0.385. The van der Waals surface area contributed by atoms with Crippen LogP contribution in [0.5, 0.6) is 0 Å². The Morgan fingerprint density at radius 2 is 1.89 bits per heavy atom. The summed E-state index contributed by atoms with van der Waals surface area (Å²) in [7, 11) is 0. The van der Waals surface area contributed by atoms with Crippen molar-refractivity contribution in [3.63, 3.8) is 0 Å². The standard InChI is InChI=1S/C17H19Cl2N5O3/c1-12(23-10-13(9-20-23)24(26)27)17(25)22-7-5-21(6-8-22)11-14-15(18)3-2-4-16(14)19/h2-4,9-10,12H,5-8,11H2,1H3. The van der Waals surface area contributed by atoms with Crippen LogP contribution in [0.2, 0.25) is 10.0 Å². The fraction of sp³-hybridized carbons (Fsp3) is 0.412. The molecule has 2 aromatic rings. The highest BCUT2D eigenvalue weighted by atomic mass is 35.5. The van der Waals surface area contributed by atoms with E-state index in [9.17, 15) is 14.9 Å². The summed E-state index contributed by atoms with van der Waals surface area (Å²) < 4.78 is 1.33. The highest BCUT2D eigenvalue weighted by molar-refractivity contribution is 6.35. The number of carbonyl (C=O) groups excluding carboxylic acids is 1. The zero-order chi connectivity index (χ0) is 19.6. The molecule has 0 radical (unpaired) electrons. The Bertz CT molecular complexity index is 829. The molecule has 1 unspecified atom stereocenters.